The Morgan fingerprint density at radius 3 is 2.03 bits per heavy atom. The van der Waals surface area contributed by atoms with Gasteiger partial charge >= 0.3 is 0 Å². The molecule has 0 radical (unpaired) electrons. The Labute approximate surface area is 180 Å². The fraction of sp³-hybridized carbons (Fsp3) is 0.320. The molecule has 0 saturated heterocycles. The Morgan fingerprint density at radius 2 is 1.48 bits per heavy atom. The highest BCUT2D eigenvalue weighted by Gasteiger charge is 2.51. The highest BCUT2D eigenvalue weighted by Crippen LogP contribution is 2.42. The van der Waals surface area contributed by atoms with E-state index in [0.717, 1.165) is 25.0 Å². The van der Waals surface area contributed by atoms with Crippen LogP contribution in [-0.4, -0.2) is 13.3 Å². The number of fused-ring (bicyclic) bond motifs is 1. The lowest BCUT2D eigenvalue weighted by atomic mass is 9.94. The number of aryl methyl sites for hydroxylation is 1. The van der Waals surface area contributed by atoms with Crippen molar-refractivity contribution >= 4 is 30.3 Å². The lowest BCUT2D eigenvalue weighted by molar-refractivity contribution is 0.168. The SMILES string of the molecule is CC(C)(C)[Si](OC1CCCc2nc(Cl)ccc21)(c1ccccc1)c1ccccc1. The molecule has 0 fully saturated rings. The first-order chi connectivity index (χ1) is 13.9. The molecule has 1 aliphatic rings. The van der Waals surface area contributed by atoms with Gasteiger partial charge in [0.25, 0.3) is 8.32 Å². The van der Waals surface area contributed by atoms with Gasteiger partial charge in [0.15, 0.2) is 0 Å². The van der Waals surface area contributed by atoms with Crippen molar-refractivity contribution in [1.29, 1.82) is 0 Å². The largest absolute Gasteiger partial charge is 0.400 e. The van der Waals surface area contributed by atoms with Crippen molar-refractivity contribution in [1.82, 2.24) is 4.98 Å². The molecule has 4 rings (SSSR count). The molecule has 3 aromatic rings. The fourth-order valence-electron chi connectivity index (χ4n) is 4.62. The van der Waals surface area contributed by atoms with Gasteiger partial charge < -0.3 is 4.43 Å². The predicted molar refractivity (Wildman–Crippen MR) is 124 cm³/mol. The van der Waals surface area contributed by atoms with Crippen LogP contribution in [0.15, 0.2) is 72.8 Å². The van der Waals surface area contributed by atoms with Crippen LogP contribution in [0.4, 0.5) is 0 Å². The van der Waals surface area contributed by atoms with Crippen molar-refractivity contribution in [2.75, 3.05) is 0 Å². The molecule has 1 atom stereocenters. The van der Waals surface area contributed by atoms with Crippen molar-refractivity contribution in [3.8, 4) is 0 Å². The summed E-state index contributed by atoms with van der Waals surface area (Å²) in [6.45, 7) is 6.97. The van der Waals surface area contributed by atoms with Gasteiger partial charge in [-0.2, -0.15) is 0 Å². The van der Waals surface area contributed by atoms with E-state index in [0.29, 0.717) is 5.15 Å². The van der Waals surface area contributed by atoms with Crippen LogP contribution >= 0.6 is 11.6 Å². The summed E-state index contributed by atoms with van der Waals surface area (Å²) in [4.78, 5) is 4.60. The number of pyridine rings is 1. The molecule has 29 heavy (non-hydrogen) atoms. The quantitative estimate of drug-likeness (QED) is 0.398. The van der Waals surface area contributed by atoms with Crippen LogP contribution < -0.4 is 10.4 Å². The summed E-state index contributed by atoms with van der Waals surface area (Å²) < 4.78 is 7.34. The van der Waals surface area contributed by atoms with Crippen LogP contribution in [0.2, 0.25) is 10.2 Å². The van der Waals surface area contributed by atoms with Gasteiger partial charge in [0.05, 0.1) is 6.10 Å². The zero-order valence-corrected chi connectivity index (χ0v) is 19.1. The third-order valence-corrected chi connectivity index (χ3v) is 11.2. The second-order valence-corrected chi connectivity index (χ2v) is 13.5. The first-order valence-corrected chi connectivity index (χ1v) is 12.6. The van der Waals surface area contributed by atoms with Crippen LogP contribution in [-0.2, 0) is 10.8 Å². The lowest BCUT2D eigenvalue weighted by Crippen LogP contribution is -2.67. The molecule has 1 heterocycles. The minimum atomic E-state index is -2.58. The maximum Gasteiger partial charge on any atom is 0.261 e. The van der Waals surface area contributed by atoms with E-state index in [2.05, 4.69) is 92.5 Å². The summed E-state index contributed by atoms with van der Waals surface area (Å²) in [5.74, 6) is 0. The van der Waals surface area contributed by atoms with Gasteiger partial charge in [-0.05, 0) is 40.7 Å². The fourth-order valence-corrected chi connectivity index (χ4v) is 9.47. The van der Waals surface area contributed by atoms with Gasteiger partial charge in [-0.1, -0.05) is 99.1 Å². The first kappa shape index (κ1) is 20.3. The smallest absolute Gasteiger partial charge is 0.261 e. The second-order valence-electron chi connectivity index (χ2n) is 8.83. The third-order valence-electron chi connectivity index (χ3n) is 5.94. The number of aromatic nitrogens is 1. The number of benzene rings is 2. The molecule has 2 nitrogen and oxygen atoms in total. The molecule has 2 aromatic carbocycles. The van der Waals surface area contributed by atoms with Crippen LogP contribution in [0.5, 0.6) is 0 Å². The minimum Gasteiger partial charge on any atom is -0.400 e. The van der Waals surface area contributed by atoms with Crippen molar-refractivity contribution in [3.05, 3.63) is 89.2 Å². The number of halogens is 1. The Balaban J connectivity index is 1.89. The molecule has 150 valence electrons. The molecule has 0 bridgehead atoms. The predicted octanol–water partition coefficient (Wildman–Crippen LogP) is 5.69. The van der Waals surface area contributed by atoms with E-state index in [9.17, 15) is 0 Å². The van der Waals surface area contributed by atoms with Crippen LogP contribution in [0.25, 0.3) is 0 Å². The Kier molecular flexibility index (Phi) is 5.65. The van der Waals surface area contributed by atoms with Crippen molar-refractivity contribution < 1.29 is 4.43 Å². The average molecular weight is 422 g/mol. The number of nitrogens with zero attached hydrogens (tertiary/aromatic N) is 1. The molecule has 4 heteroatoms. The number of hydrogen-bond acceptors (Lipinski definition) is 2. The molecule has 0 aliphatic heterocycles. The minimum absolute atomic E-state index is 0.0346. The van der Waals surface area contributed by atoms with E-state index >= 15 is 0 Å². The van der Waals surface area contributed by atoms with Crippen LogP contribution in [0.3, 0.4) is 0 Å². The second kappa shape index (κ2) is 8.06. The Hall–Kier alpha value is -1.94. The maximum absolute atomic E-state index is 7.34. The first-order valence-electron chi connectivity index (χ1n) is 10.4. The van der Waals surface area contributed by atoms with Gasteiger partial charge in [-0.25, -0.2) is 4.98 Å². The highest BCUT2D eigenvalue weighted by molar-refractivity contribution is 6.99. The van der Waals surface area contributed by atoms with Gasteiger partial charge in [-0.15, -0.1) is 0 Å². The number of rotatable bonds is 4. The third kappa shape index (κ3) is 3.79. The lowest BCUT2D eigenvalue weighted by Gasteiger charge is -2.46. The number of hydrogen-bond donors (Lipinski definition) is 0. The van der Waals surface area contributed by atoms with Crippen molar-refractivity contribution in [2.45, 2.75) is 51.2 Å². The Morgan fingerprint density at radius 1 is 0.897 bits per heavy atom. The molecule has 1 unspecified atom stereocenters. The van der Waals surface area contributed by atoms with E-state index in [1.54, 1.807) is 0 Å². The average Bonchev–Trinajstić information content (AvgIpc) is 2.72. The molecule has 1 aliphatic carbocycles. The van der Waals surface area contributed by atoms with E-state index in [1.807, 2.05) is 6.07 Å². The van der Waals surface area contributed by atoms with E-state index < -0.39 is 8.32 Å². The molecule has 0 amide bonds. The summed E-state index contributed by atoms with van der Waals surface area (Å²) in [6.07, 6.45) is 3.09. The zero-order chi connectivity index (χ0) is 20.5. The van der Waals surface area contributed by atoms with E-state index in [4.69, 9.17) is 16.0 Å². The van der Waals surface area contributed by atoms with E-state index in [1.165, 1.54) is 15.9 Å². The summed E-state index contributed by atoms with van der Waals surface area (Å²) in [5, 5.41) is 3.16. The molecule has 1 aromatic heterocycles. The standard InChI is InChI=1S/C25H28ClNOSi/c1-25(2,3)29(19-11-6-4-7-12-19,20-13-8-5-9-14-20)28-23-16-10-15-22-21(23)17-18-24(26)27-22/h4-9,11-14,17-18,23H,10,15-16H2,1-3H3. The molecule has 0 N–H and O–H groups in total. The molecule has 0 spiro atoms. The summed E-state index contributed by atoms with van der Waals surface area (Å²) in [6, 6.07) is 25.7. The van der Waals surface area contributed by atoms with Gasteiger partial charge in [0.2, 0.25) is 0 Å². The topological polar surface area (TPSA) is 22.1 Å². The normalized spacial score (nSPS) is 17.0. The summed E-state index contributed by atoms with van der Waals surface area (Å²) in [5.41, 5.74) is 2.29. The van der Waals surface area contributed by atoms with Crippen LogP contribution in [0.1, 0.15) is 51.0 Å². The van der Waals surface area contributed by atoms with Gasteiger partial charge in [0.1, 0.15) is 5.15 Å². The van der Waals surface area contributed by atoms with Gasteiger partial charge in [0, 0.05) is 11.3 Å². The Bertz CT molecular complexity index is 930. The van der Waals surface area contributed by atoms with Gasteiger partial charge in [-0.3, -0.25) is 0 Å². The van der Waals surface area contributed by atoms with E-state index in [-0.39, 0.29) is 11.1 Å². The maximum atomic E-state index is 7.34. The van der Waals surface area contributed by atoms with Crippen LogP contribution in [0, 0.1) is 0 Å². The van der Waals surface area contributed by atoms with Crippen molar-refractivity contribution in [2.24, 2.45) is 0 Å². The summed E-state index contributed by atoms with van der Waals surface area (Å²) in [7, 11) is -2.58. The van der Waals surface area contributed by atoms with Crippen molar-refractivity contribution in [3.63, 3.8) is 0 Å². The zero-order valence-electron chi connectivity index (χ0n) is 17.4. The highest BCUT2D eigenvalue weighted by atomic mass is 35.5. The summed E-state index contributed by atoms with van der Waals surface area (Å²) >= 11 is 6.18. The monoisotopic (exact) mass is 421 g/mol. The molecular formula is C25H28ClNOSi. The molecular weight excluding hydrogens is 394 g/mol. The molecule has 0 saturated carbocycles.